The highest BCUT2D eigenvalue weighted by atomic mass is 16.5. The van der Waals surface area contributed by atoms with Gasteiger partial charge in [-0.1, -0.05) is 203 Å². The summed E-state index contributed by atoms with van der Waals surface area (Å²) in [5.41, 5.74) is 4.50. The molecule has 350 valence electrons. The third kappa shape index (κ3) is 91.6. The molecule has 0 bridgehead atoms. The molecule has 0 saturated heterocycles. The monoisotopic (exact) mass is 821 g/mol. The number of nitrogens with one attached hydrogen (secondary N) is 1. The van der Waals surface area contributed by atoms with Crippen molar-refractivity contribution < 1.29 is 28.6 Å². The van der Waals surface area contributed by atoms with Gasteiger partial charge < -0.3 is 30.1 Å². The highest BCUT2D eigenvalue weighted by Gasteiger charge is 2.08. The Hall–Kier alpha value is -1.51. The lowest BCUT2D eigenvalue weighted by Crippen LogP contribution is -2.16. The van der Waals surface area contributed by atoms with Crippen molar-refractivity contribution in [2.24, 2.45) is 11.7 Å². The molecule has 0 spiro atoms. The molecule has 0 fully saturated rings. The van der Waals surface area contributed by atoms with Crippen molar-refractivity contribution in [2.45, 2.75) is 254 Å². The van der Waals surface area contributed by atoms with E-state index in [9.17, 15) is 9.59 Å². The Bertz CT molecular complexity index is 570. The molecule has 1 atom stereocenters. The van der Waals surface area contributed by atoms with Gasteiger partial charge in [-0.05, 0) is 71.0 Å². The molecule has 0 aromatic heterocycles. The molecule has 8 nitrogen and oxygen atoms in total. The fourth-order valence-corrected chi connectivity index (χ4v) is 5.88. The predicted molar refractivity (Wildman–Crippen MR) is 253 cm³/mol. The van der Waals surface area contributed by atoms with Crippen LogP contribution in [-0.2, 0) is 28.6 Å². The van der Waals surface area contributed by atoms with Gasteiger partial charge in [0, 0.05) is 14.2 Å². The van der Waals surface area contributed by atoms with E-state index in [1.54, 1.807) is 14.2 Å². The molecule has 57 heavy (non-hydrogen) atoms. The molecule has 0 amide bonds. The highest BCUT2D eigenvalue weighted by Crippen LogP contribution is 2.16. The fraction of sp³-hybridized carbons (Fsp3) is 0.939. The topological polar surface area (TPSA) is 117 Å². The van der Waals surface area contributed by atoms with Gasteiger partial charge in [0.15, 0.2) is 0 Å². The van der Waals surface area contributed by atoms with E-state index in [1.165, 1.54) is 200 Å². The van der Waals surface area contributed by atoms with Crippen LogP contribution < -0.4 is 11.1 Å². The molecule has 8 heteroatoms. The van der Waals surface area contributed by atoms with Crippen molar-refractivity contribution >= 4 is 19.7 Å². The Morgan fingerprint density at radius 1 is 0.491 bits per heavy atom. The van der Waals surface area contributed by atoms with Crippen LogP contribution in [0.2, 0.25) is 0 Å². The molecule has 0 aromatic carbocycles. The summed E-state index contributed by atoms with van der Waals surface area (Å²) in [5.74, 6) is 0.520. The molecule has 0 aliphatic rings. The predicted octanol–water partition coefficient (Wildman–Crippen LogP) is 14.4. The van der Waals surface area contributed by atoms with Crippen LogP contribution in [0.5, 0.6) is 0 Å². The lowest BCUT2D eigenvalue weighted by atomic mass is 10.0. The van der Waals surface area contributed by atoms with E-state index >= 15 is 0 Å². The van der Waals surface area contributed by atoms with Crippen LogP contribution in [0.1, 0.15) is 248 Å². The highest BCUT2D eigenvalue weighted by molar-refractivity contribution is 5.37. The van der Waals surface area contributed by atoms with Crippen LogP contribution in [-0.4, -0.2) is 66.8 Å². The maximum atomic E-state index is 10.5. The van der Waals surface area contributed by atoms with Gasteiger partial charge in [-0.2, -0.15) is 0 Å². The second-order valence-corrected chi connectivity index (χ2v) is 14.7. The Labute approximate surface area is 359 Å². The summed E-state index contributed by atoms with van der Waals surface area (Å²) in [5, 5.41) is 3.57. The molecule has 1 unspecified atom stereocenters. The summed E-state index contributed by atoms with van der Waals surface area (Å²) < 4.78 is 14.1. The first-order valence-electron chi connectivity index (χ1n) is 24.1. The maximum Gasteiger partial charge on any atom is 0.293 e. The number of hydrogen-bond donors (Lipinski definition) is 2. The zero-order valence-electron chi connectivity index (χ0n) is 40.9. The Morgan fingerprint density at radius 2 is 0.772 bits per heavy atom. The first-order chi connectivity index (χ1) is 28.0. The normalized spacial score (nSPS) is 10.1. The summed E-state index contributed by atoms with van der Waals surface area (Å²) in [7, 11) is 4.75. The minimum Gasteiger partial charge on any atom is -0.468 e. The average molecular weight is 821 g/mol. The molecule has 0 saturated carbocycles. The summed E-state index contributed by atoms with van der Waals surface area (Å²) in [6.07, 6.45) is 39.8. The lowest BCUT2D eigenvalue weighted by molar-refractivity contribution is -0.134. The van der Waals surface area contributed by atoms with Crippen LogP contribution in [0.3, 0.4) is 0 Å². The number of unbranched alkanes of at least 4 members (excludes halogenated alkanes) is 22. The summed E-state index contributed by atoms with van der Waals surface area (Å²) >= 11 is 0. The smallest absolute Gasteiger partial charge is 0.293 e. The van der Waals surface area contributed by atoms with Gasteiger partial charge >= 0.3 is 0 Å². The summed E-state index contributed by atoms with van der Waals surface area (Å²) in [4.78, 5) is 28.4. The molecule has 0 radical (unpaired) electrons. The molecule has 0 rings (SSSR count). The van der Waals surface area contributed by atoms with Gasteiger partial charge in [-0.15, -0.1) is 0 Å². The molecule has 0 heterocycles. The fourth-order valence-electron chi connectivity index (χ4n) is 5.88. The molecular formula is C49H108N2O6. The zero-order valence-corrected chi connectivity index (χ0v) is 40.9. The van der Waals surface area contributed by atoms with E-state index in [0.717, 1.165) is 12.8 Å². The first kappa shape index (κ1) is 70.1. The number of rotatable bonds is 37. The average Bonchev–Trinajstić information content (AvgIpc) is 3.24. The van der Waals surface area contributed by atoms with E-state index < -0.39 is 0 Å². The second-order valence-electron chi connectivity index (χ2n) is 14.7. The Morgan fingerprint density at radius 3 is 1.09 bits per heavy atom. The molecule has 0 aromatic rings. The van der Waals surface area contributed by atoms with Crippen molar-refractivity contribution in [3.63, 3.8) is 0 Å². The van der Waals surface area contributed by atoms with Gasteiger partial charge in [0.25, 0.3) is 12.9 Å². The summed E-state index contributed by atoms with van der Waals surface area (Å²) in [6, 6.07) is 0. The second kappa shape index (κ2) is 82.4. The van der Waals surface area contributed by atoms with Gasteiger partial charge in [-0.25, -0.2) is 0 Å². The van der Waals surface area contributed by atoms with Crippen LogP contribution in [0.4, 0.5) is 0 Å². The summed E-state index contributed by atoms with van der Waals surface area (Å²) in [6.45, 7) is 23.6. The minimum atomic E-state index is 0.171. The number of carbonyl (C=O) groups is 3. The quantitative estimate of drug-likeness (QED) is 0.0470. The van der Waals surface area contributed by atoms with Crippen molar-refractivity contribution in [1.29, 1.82) is 0 Å². The van der Waals surface area contributed by atoms with Crippen molar-refractivity contribution in [3.8, 4) is 0 Å². The number of methoxy groups -OCH3 is 1. The molecule has 0 aliphatic carbocycles. The van der Waals surface area contributed by atoms with Gasteiger partial charge in [0.05, 0.1) is 6.61 Å². The minimum absolute atomic E-state index is 0.171. The maximum absolute atomic E-state index is 10.5. The molecule has 0 aliphatic heterocycles. The number of carbonyl (C=O) groups excluding carboxylic acids is 3. The van der Waals surface area contributed by atoms with E-state index in [0.29, 0.717) is 25.5 Å². The van der Waals surface area contributed by atoms with E-state index in [-0.39, 0.29) is 6.10 Å². The van der Waals surface area contributed by atoms with Crippen LogP contribution in [0.25, 0.3) is 0 Å². The van der Waals surface area contributed by atoms with Crippen molar-refractivity contribution in [1.82, 2.24) is 5.32 Å². The molecule has 3 N–H and O–H groups in total. The van der Waals surface area contributed by atoms with E-state index in [1.807, 2.05) is 20.6 Å². The van der Waals surface area contributed by atoms with Gasteiger partial charge in [0.2, 0.25) is 0 Å². The van der Waals surface area contributed by atoms with Crippen LogP contribution in [0.15, 0.2) is 0 Å². The standard InChI is InChI=1S/C18H36O2.C16H35N.C9H18O2.C2H6O.C2H6.CH5N.CH2O/c1-3-5-7-9-11-13-15-18(20-17-19)16-14-12-10-8-6-4-2;1-3-5-7-9-11-13-15-17-16-14-12-10-8-6-4-2;1-3-4-5-6-9(2)7-11-8-10;1-3-2;3*1-2/h17-18H,3-16H2,1-2H3;17H,3-16H2,1-2H3;8-9H,3-7H2,1-2H3;1-2H3;1-2H3;2H2,1H3;1H2. The van der Waals surface area contributed by atoms with E-state index in [2.05, 4.69) is 62.1 Å². The third-order valence-electron chi connectivity index (χ3n) is 9.17. The van der Waals surface area contributed by atoms with Crippen molar-refractivity contribution in [2.75, 3.05) is 41.0 Å². The van der Waals surface area contributed by atoms with E-state index in [4.69, 9.17) is 9.53 Å². The van der Waals surface area contributed by atoms with Gasteiger partial charge in [0.1, 0.15) is 12.9 Å². The SMILES string of the molecule is C=O.CC.CCCCCC(C)COC=O.CCCCCCCCC(CCCCCCCC)OC=O.CCCCCCCCNCCCCCCCC.CN.COC. The zero-order chi connectivity index (χ0) is 44.7. The van der Waals surface area contributed by atoms with Gasteiger partial charge in [-0.3, -0.25) is 9.59 Å². The van der Waals surface area contributed by atoms with Crippen LogP contribution >= 0.6 is 0 Å². The third-order valence-corrected chi connectivity index (χ3v) is 9.17. The Kier molecular flexibility index (Phi) is 101. The molecular weight excluding hydrogens is 713 g/mol. The van der Waals surface area contributed by atoms with Crippen LogP contribution in [0, 0.1) is 5.92 Å². The largest absolute Gasteiger partial charge is 0.468 e. The number of nitrogens with two attached hydrogens (primary N) is 1. The number of hydrogen-bond acceptors (Lipinski definition) is 8. The number of ether oxygens (including phenoxy) is 3. The Balaban J connectivity index is -0.000000122. The van der Waals surface area contributed by atoms with Crippen molar-refractivity contribution in [3.05, 3.63) is 0 Å². The first-order valence-corrected chi connectivity index (χ1v) is 24.1. The lowest BCUT2D eigenvalue weighted by Gasteiger charge is -2.15.